The van der Waals surface area contributed by atoms with Gasteiger partial charge in [0.05, 0.1) is 4.92 Å². The first kappa shape index (κ1) is 16.6. The third-order valence-corrected chi connectivity index (χ3v) is 5.12. The molecule has 1 amide bonds. The van der Waals surface area contributed by atoms with Crippen molar-refractivity contribution in [1.29, 1.82) is 0 Å². The van der Waals surface area contributed by atoms with Gasteiger partial charge in [0.25, 0.3) is 10.9 Å². The number of oxazole rings is 1. The number of para-hydroxylation sites is 2. The molecule has 2 aromatic carbocycles. The number of nitrogens with zero attached hydrogens (tertiary/aromatic N) is 3. The van der Waals surface area contributed by atoms with Gasteiger partial charge in [-0.1, -0.05) is 23.9 Å². The zero-order valence-electron chi connectivity index (χ0n) is 13.8. The number of hydrogen-bond acceptors (Lipinski definition) is 6. The Morgan fingerprint density at radius 1 is 1.31 bits per heavy atom. The number of fused-ring (bicyclic) bond motifs is 2. The lowest BCUT2D eigenvalue weighted by Crippen LogP contribution is -2.29. The van der Waals surface area contributed by atoms with Crippen LogP contribution in [0.3, 0.4) is 0 Å². The molecule has 0 radical (unpaired) electrons. The van der Waals surface area contributed by atoms with Gasteiger partial charge in [-0.2, -0.15) is 0 Å². The number of carbonyl (C=O) groups is 1. The fraction of sp³-hybridized carbons (Fsp3) is 0.222. The highest BCUT2D eigenvalue weighted by Gasteiger charge is 2.26. The number of carbonyl (C=O) groups excluding carboxylic acids is 1. The Balaban J connectivity index is 1.38. The van der Waals surface area contributed by atoms with Gasteiger partial charge in [0.15, 0.2) is 5.58 Å². The van der Waals surface area contributed by atoms with E-state index in [0.29, 0.717) is 30.4 Å². The van der Waals surface area contributed by atoms with Gasteiger partial charge in [-0.05, 0) is 30.2 Å². The van der Waals surface area contributed by atoms with E-state index < -0.39 is 4.92 Å². The molecule has 0 unspecified atom stereocenters. The summed E-state index contributed by atoms with van der Waals surface area (Å²) < 4.78 is 5.63. The van der Waals surface area contributed by atoms with Crippen molar-refractivity contribution in [2.75, 3.05) is 17.2 Å². The second-order valence-corrected chi connectivity index (χ2v) is 6.96. The first-order valence-corrected chi connectivity index (χ1v) is 9.16. The maximum atomic E-state index is 12.5. The summed E-state index contributed by atoms with van der Waals surface area (Å²) >= 11 is 1.41. The van der Waals surface area contributed by atoms with Gasteiger partial charge in [-0.3, -0.25) is 14.9 Å². The van der Waals surface area contributed by atoms with Gasteiger partial charge in [0.1, 0.15) is 5.52 Å². The molecule has 1 aliphatic rings. The Hall–Kier alpha value is -2.87. The van der Waals surface area contributed by atoms with Crippen molar-refractivity contribution in [2.45, 2.75) is 18.1 Å². The lowest BCUT2D eigenvalue weighted by molar-refractivity contribution is -0.384. The highest BCUT2D eigenvalue weighted by molar-refractivity contribution is 7.99. The first-order chi connectivity index (χ1) is 12.6. The Morgan fingerprint density at radius 2 is 2.15 bits per heavy atom. The average molecular weight is 369 g/mol. The summed E-state index contributed by atoms with van der Waals surface area (Å²) in [6.07, 6.45) is 0.987. The molecule has 8 heteroatoms. The van der Waals surface area contributed by atoms with Gasteiger partial charge in [0.2, 0.25) is 5.91 Å². The minimum atomic E-state index is -0.415. The maximum Gasteiger partial charge on any atom is 0.269 e. The molecule has 0 bridgehead atoms. The molecule has 0 aliphatic carbocycles. The summed E-state index contributed by atoms with van der Waals surface area (Å²) in [6, 6.07) is 12.2. The van der Waals surface area contributed by atoms with Crippen LogP contribution >= 0.6 is 11.8 Å². The summed E-state index contributed by atoms with van der Waals surface area (Å²) in [7, 11) is 0. The molecule has 0 saturated heterocycles. The standard InChI is InChI=1S/C18H15N3O4S/c22-17(8-10-26-18-19-14-3-1-2-4-16(14)25-18)20-9-7-12-11-13(21(23)24)5-6-15(12)20/h1-6,11H,7-10H2. The zero-order valence-corrected chi connectivity index (χ0v) is 14.6. The fourth-order valence-electron chi connectivity index (χ4n) is 3.03. The van der Waals surface area contributed by atoms with Gasteiger partial charge >= 0.3 is 0 Å². The molecule has 1 aliphatic heterocycles. The van der Waals surface area contributed by atoms with E-state index in [1.54, 1.807) is 17.0 Å². The van der Waals surface area contributed by atoms with Gasteiger partial charge in [-0.15, -0.1) is 0 Å². The number of non-ortho nitro benzene ring substituents is 1. The summed E-state index contributed by atoms with van der Waals surface area (Å²) in [5, 5.41) is 11.4. The third-order valence-electron chi connectivity index (χ3n) is 4.29. The maximum absolute atomic E-state index is 12.5. The number of nitro benzene ring substituents is 1. The summed E-state index contributed by atoms with van der Waals surface area (Å²) in [6.45, 7) is 0.558. The van der Waals surface area contributed by atoms with Crippen molar-refractivity contribution < 1.29 is 14.1 Å². The summed E-state index contributed by atoms with van der Waals surface area (Å²) in [5.74, 6) is 0.561. The molecule has 0 atom stereocenters. The fourth-order valence-corrected chi connectivity index (χ4v) is 3.80. The van der Waals surface area contributed by atoms with E-state index in [1.165, 1.54) is 17.8 Å². The highest BCUT2D eigenvalue weighted by atomic mass is 32.2. The van der Waals surface area contributed by atoms with Gasteiger partial charge in [-0.25, -0.2) is 4.98 Å². The van der Waals surface area contributed by atoms with Gasteiger partial charge in [0, 0.05) is 36.5 Å². The molecule has 26 heavy (non-hydrogen) atoms. The Kier molecular flexibility index (Phi) is 4.34. The number of amides is 1. The van der Waals surface area contributed by atoms with E-state index in [9.17, 15) is 14.9 Å². The third kappa shape index (κ3) is 3.15. The van der Waals surface area contributed by atoms with Crippen molar-refractivity contribution >= 4 is 40.1 Å². The lowest BCUT2D eigenvalue weighted by atomic mass is 10.1. The van der Waals surface area contributed by atoms with Crippen LogP contribution in [0.15, 0.2) is 52.1 Å². The van der Waals surface area contributed by atoms with Crippen LogP contribution in [-0.4, -0.2) is 28.1 Å². The number of benzene rings is 2. The summed E-state index contributed by atoms with van der Waals surface area (Å²) in [5.41, 5.74) is 3.21. The number of anilines is 1. The number of aromatic nitrogens is 1. The molecule has 0 fully saturated rings. The summed E-state index contributed by atoms with van der Waals surface area (Å²) in [4.78, 5) is 29.0. The monoisotopic (exact) mass is 369 g/mol. The van der Waals surface area contributed by atoms with Crippen LogP contribution in [0.5, 0.6) is 0 Å². The Labute approximate surface area is 153 Å². The van der Waals surface area contributed by atoms with Gasteiger partial charge < -0.3 is 9.32 Å². The van der Waals surface area contributed by atoms with Crippen molar-refractivity contribution in [3.63, 3.8) is 0 Å². The highest BCUT2D eigenvalue weighted by Crippen LogP contribution is 2.32. The van der Waals surface area contributed by atoms with Crippen molar-refractivity contribution in [2.24, 2.45) is 0 Å². The number of hydrogen-bond donors (Lipinski definition) is 0. The van der Waals surface area contributed by atoms with E-state index in [1.807, 2.05) is 24.3 Å². The van der Waals surface area contributed by atoms with E-state index in [2.05, 4.69) is 4.98 Å². The quantitative estimate of drug-likeness (QED) is 0.386. The van der Waals surface area contributed by atoms with Crippen molar-refractivity contribution in [3.8, 4) is 0 Å². The molecular formula is C18H15N3O4S. The predicted molar refractivity (Wildman–Crippen MR) is 98.5 cm³/mol. The zero-order chi connectivity index (χ0) is 18.1. The van der Waals surface area contributed by atoms with Crippen LogP contribution in [-0.2, 0) is 11.2 Å². The van der Waals surface area contributed by atoms with Crippen LogP contribution in [0.25, 0.3) is 11.1 Å². The van der Waals surface area contributed by atoms with Crippen LogP contribution in [0, 0.1) is 10.1 Å². The SMILES string of the molecule is O=C(CCSc1nc2ccccc2o1)N1CCc2cc([N+](=O)[O-])ccc21. The molecule has 1 aromatic heterocycles. The predicted octanol–water partition coefficient (Wildman–Crippen LogP) is 3.81. The Morgan fingerprint density at radius 3 is 2.96 bits per heavy atom. The van der Waals surface area contributed by atoms with E-state index in [0.717, 1.165) is 22.4 Å². The second-order valence-electron chi connectivity index (χ2n) is 5.91. The minimum absolute atomic E-state index is 0.00112. The molecule has 3 aromatic rings. The topological polar surface area (TPSA) is 89.5 Å². The van der Waals surface area contributed by atoms with Crippen LogP contribution in [0.4, 0.5) is 11.4 Å². The molecule has 0 spiro atoms. The normalized spacial score (nSPS) is 13.2. The van der Waals surface area contributed by atoms with E-state index >= 15 is 0 Å². The number of thioether (sulfide) groups is 1. The lowest BCUT2D eigenvalue weighted by Gasteiger charge is -2.16. The smallest absolute Gasteiger partial charge is 0.269 e. The van der Waals surface area contributed by atoms with Crippen LogP contribution < -0.4 is 4.90 Å². The molecule has 2 heterocycles. The molecule has 0 N–H and O–H groups in total. The van der Waals surface area contributed by atoms with E-state index in [-0.39, 0.29) is 11.6 Å². The number of rotatable bonds is 5. The van der Waals surface area contributed by atoms with Crippen molar-refractivity contribution in [1.82, 2.24) is 4.98 Å². The van der Waals surface area contributed by atoms with Crippen molar-refractivity contribution in [3.05, 3.63) is 58.1 Å². The molecule has 132 valence electrons. The first-order valence-electron chi connectivity index (χ1n) is 8.18. The molecule has 0 saturated carbocycles. The van der Waals surface area contributed by atoms with E-state index in [4.69, 9.17) is 4.42 Å². The largest absolute Gasteiger partial charge is 0.431 e. The van der Waals surface area contributed by atoms with Crippen LogP contribution in [0.2, 0.25) is 0 Å². The second kappa shape index (κ2) is 6.80. The van der Waals surface area contributed by atoms with Crippen LogP contribution in [0.1, 0.15) is 12.0 Å². The average Bonchev–Trinajstić information content (AvgIpc) is 3.24. The Bertz CT molecular complexity index is 968. The minimum Gasteiger partial charge on any atom is -0.431 e. The molecule has 7 nitrogen and oxygen atoms in total. The molecular weight excluding hydrogens is 354 g/mol. The molecule has 4 rings (SSSR count). The number of nitro groups is 1.